The SMILES string of the molecule is C=CCN(C(=O)C(F)(F)F)C(C(=O)NC1CCCC1)c1cccs1. The second-order valence-corrected chi connectivity index (χ2v) is 6.63. The van der Waals surface area contributed by atoms with Crippen LogP contribution in [-0.2, 0) is 9.59 Å². The number of carbonyl (C=O) groups excluding carboxylic acids is 2. The van der Waals surface area contributed by atoms with Gasteiger partial charge in [0.1, 0.15) is 6.04 Å². The van der Waals surface area contributed by atoms with E-state index in [1.54, 1.807) is 17.5 Å². The zero-order valence-electron chi connectivity index (χ0n) is 13.0. The Labute approximate surface area is 142 Å². The molecule has 1 aliphatic carbocycles. The van der Waals surface area contributed by atoms with E-state index in [-0.39, 0.29) is 12.6 Å². The van der Waals surface area contributed by atoms with Gasteiger partial charge in [-0.15, -0.1) is 17.9 Å². The molecular formula is C16H19F3N2O2S. The molecule has 0 spiro atoms. The highest BCUT2D eigenvalue weighted by molar-refractivity contribution is 7.10. The van der Waals surface area contributed by atoms with E-state index in [1.807, 2.05) is 0 Å². The molecule has 2 rings (SSSR count). The number of amides is 2. The fraction of sp³-hybridized carbons (Fsp3) is 0.500. The van der Waals surface area contributed by atoms with Gasteiger partial charge in [-0.05, 0) is 24.3 Å². The number of nitrogens with one attached hydrogen (secondary N) is 1. The standard InChI is InChI=1S/C16H19F3N2O2S/c1-2-9-21(15(23)16(17,18)19)13(12-8-5-10-24-12)14(22)20-11-6-3-4-7-11/h2,5,8,10-11,13H,1,3-4,6-7,9H2,(H,20,22). The maximum atomic E-state index is 12.9. The lowest BCUT2D eigenvalue weighted by molar-refractivity contribution is -0.188. The molecule has 1 aliphatic rings. The lowest BCUT2D eigenvalue weighted by atomic mass is 10.1. The van der Waals surface area contributed by atoms with Crippen LogP contribution >= 0.6 is 11.3 Å². The number of hydrogen-bond donors (Lipinski definition) is 1. The van der Waals surface area contributed by atoms with Gasteiger partial charge in [0.2, 0.25) is 5.91 Å². The molecule has 132 valence electrons. The van der Waals surface area contributed by atoms with E-state index in [4.69, 9.17) is 0 Å². The van der Waals surface area contributed by atoms with Crippen LogP contribution in [0.1, 0.15) is 36.6 Å². The van der Waals surface area contributed by atoms with Crippen LogP contribution in [0.5, 0.6) is 0 Å². The molecule has 1 aromatic rings. The molecule has 0 bridgehead atoms. The molecular weight excluding hydrogens is 341 g/mol. The lowest BCUT2D eigenvalue weighted by Gasteiger charge is -2.30. The third kappa shape index (κ3) is 4.37. The number of rotatable bonds is 6. The average molecular weight is 360 g/mol. The minimum absolute atomic E-state index is 0.0495. The molecule has 1 unspecified atom stereocenters. The van der Waals surface area contributed by atoms with Crippen LogP contribution in [0, 0.1) is 0 Å². The number of thiophene rings is 1. The van der Waals surface area contributed by atoms with Crippen molar-refractivity contribution in [1.82, 2.24) is 10.2 Å². The van der Waals surface area contributed by atoms with Gasteiger partial charge in [0.15, 0.2) is 0 Å². The average Bonchev–Trinajstić information content (AvgIpc) is 3.18. The number of halogens is 3. The van der Waals surface area contributed by atoms with Crippen molar-refractivity contribution in [3.63, 3.8) is 0 Å². The summed E-state index contributed by atoms with van der Waals surface area (Å²) in [4.78, 5) is 25.4. The minimum atomic E-state index is -5.05. The fourth-order valence-electron chi connectivity index (χ4n) is 2.83. The molecule has 1 N–H and O–H groups in total. The van der Waals surface area contributed by atoms with Crippen LogP contribution in [0.15, 0.2) is 30.2 Å². The van der Waals surface area contributed by atoms with E-state index in [2.05, 4.69) is 11.9 Å². The number of carbonyl (C=O) groups is 2. The fourth-order valence-corrected chi connectivity index (χ4v) is 3.66. The molecule has 1 saturated carbocycles. The molecule has 1 atom stereocenters. The Hall–Kier alpha value is -1.83. The molecule has 1 fully saturated rings. The summed E-state index contributed by atoms with van der Waals surface area (Å²) in [7, 11) is 0. The van der Waals surface area contributed by atoms with Gasteiger partial charge >= 0.3 is 12.1 Å². The molecule has 1 aromatic heterocycles. The van der Waals surface area contributed by atoms with Gasteiger partial charge in [0, 0.05) is 17.5 Å². The van der Waals surface area contributed by atoms with Crippen LogP contribution in [0.4, 0.5) is 13.2 Å². The van der Waals surface area contributed by atoms with E-state index >= 15 is 0 Å². The predicted octanol–water partition coefficient (Wildman–Crippen LogP) is 3.42. The maximum Gasteiger partial charge on any atom is 0.471 e. The van der Waals surface area contributed by atoms with Gasteiger partial charge in [-0.3, -0.25) is 9.59 Å². The third-order valence-corrected chi connectivity index (χ3v) is 4.83. The van der Waals surface area contributed by atoms with E-state index in [0.717, 1.165) is 37.0 Å². The summed E-state index contributed by atoms with van der Waals surface area (Å²) in [5.41, 5.74) is 0. The highest BCUT2D eigenvalue weighted by Crippen LogP contribution is 2.30. The smallest absolute Gasteiger partial charge is 0.351 e. The Balaban J connectivity index is 2.30. The monoisotopic (exact) mass is 360 g/mol. The van der Waals surface area contributed by atoms with Crippen molar-refractivity contribution >= 4 is 23.2 Å². The normalized spacial score (nSPS) is 16.6. The largest absolute Gasteiger partial charge is 0.471 e. The Morgan fingerprint density at radius 1 is 1.42 bits per heavy atom. The Bertz CT molecular complexity index is 581. The second-order valence-electron chi connectivity index (χ2n) is 5.65. The number of nitrogens with zero attached hydrogens (tertiary/aromatic N) is 1. The van der Waals surface area contributed by atoms with Crippen molar-refractivity contribution in [1.29, 1.82) is 0 Å². The molecule has 24 heavy (non-hydrogen) atoms. The molecule has 4 nitrogen and oxygen atoms in total. The highest BCUT2D eigenvalue weighted by atomic mass is 32.1. The second kappa shape index (κ2) is 7.83. The maximum absolute atomic E-state index is 12.9. The molecule has 0 aliphatic heterocycles. The Morgan fingerprint density at radius 2 is 2.08 bits per heavy atom. The molecule has 0 aromatic carbocycles. The van der Waals surface area contributed by atoms with Crippen molar-refractivity contribution in [3.8, 4) is 0 Å². The summed E-state index contributed by atoms with van der Waals surface area (Å²) in [6, 6.07) is 1.84. The van der Waals surface area contributed by atoms with Crippen LogP contribution in [0.2, 0.25) is 0 Å². The van der Waals surface area contributed by atoms with E-state index < -0.39 is 24.0 Å². The van der Waals surface area contributed by atoms with E-state index in [1.165, 1.54) is 6.08 Å². The van der Waals surface area contributed by atoms with Crippen molar-refractivity contribution in [2.75, 3.05) is 6.54 Å². The first-order valence-electron chi connectivity index (χ1n) is 7.67. The molecule has 0 saturated heterocycles. The van der Waals surface area contributed by atoms with Gasteiger partial charge in [-0.25, -0.2) is 0 Å². The van der Waals surface area contributed by atoms with Gasteiger partial charge in [-0.1, -0.05) is 25.0 Å². The van der Waals surface area contributed by atoms with Gasteiger partial charge in [0.05, 0.1) is 0 Å². The predicted molar refractivity (Wildman–Crippen MR) is 85.4 cm³/mol. The summed E-state index contributed by atoms with van der Waals surface area (Å²) in [5, 5.41) is 4.45. The lowest BCUT2D eigenvalue weighted by Crippen LogP contribution is -2.49. The van der Waals surface area contributed by atoms with E-state index in [0.29, 0.717) is 9.78 Å². The quantitative estimate of drug-likeness (QED) is 0.790. The summed E-state index contributed by atoms with van der Waals surface area (Å²) < 4.78 is 38.8. The van der Waals surface area contributed by atoms with Crippen LogP contribution in [0.25, 0.3) is 0 Å². The molecule has 1 heterocycles. The first-order valence-corrected chi connectivity index (χ1v) is 8.55. The summed E-state index contributed by atoms with van der Waals surface area (Å²) >= 11 is 1.14. The minimum Gasteiger partial charge on any atom is -0.351 e. The summed E-state index contributed by atoms with van der Waals surface area (Å²) in [6.07, 6.45) is -0.298. The van der Waals surface area contributed by atoms with Crippen molar-refractivity contribution in [2.45, 2.75) is 43.9 Å². The van der Waals surface area contributed by atoms with Crippen LogP contribution < -0.4 is 5.32 Å². The number of alkyl halides is 3. The first-order chi connectivity index (χ1) is 11.3. The molecule has 2 amide bonds. The van der Waals surface area contributed by atoms with Crippen molar-refractivity contribution in [3.05, 3.63) is 35.0 Å². The summed E-state index contributed by atoms with van der Waals surface area (Å²) in [6.45, 7) is 3.04. The van der Waals surface area contributed by atoms with Gasteiger partial charge in [-0.2, -0.15) is 13.2 Å². The highest BCUT2D eigenvalue weighted by Gasteiger charge is 2.46. The zero-order chi connectivity index (χ0) is 17.7. The molecule has 0 radical (unpaired) electrons. The van der Waals surface area contributed by atoms with Crippen molar-refractivity contribution in [2.24, 2.45) is 0 Å². The van der Waals surface area contributed by atoms with E-state index in [9.17, 15) is 22.8 Å². The van der Waals surface area contributed by atoms with Gasteiger partial charge < -0.3 is 10.2 Å². The van der Waals surface area contributed by atoms with Crippen LogP contribution in [0.3, 0.4) is 0 Å². The number of hydrogen-bond acceptors (Lipinski definition) is 3. The zero-order valence-corrected chi connectivity index (χ0v) is 13.8. The Morgan fingerprint density at radius 3 is 2.58 bits per heavy atom. The summed E-state index contributed by atoms with van der Waals surface area (Å²) in [5.74, 6) is -2.62. The first kappa shape index (κ1) is 18.5. The van der Waals surface area contributed by atoms with Gasteiger partial charge in [0.25, 0.3) is 0 Å². The molecule has 8 heteroatoms. The van der Waals surface area contributed by atoms with Crippen molar-refractivity contribution < 1.29 is 22.8 Å². The topological polar surface area (TPSA) is 49.4 Å². The Kier molecular flexibility index (Phi) is 6.04. The van der Waals surface area contributed by atoms with Crippen LogP contribution in [-0.4, -0.2) is 35.5 Å². The third-order valence-electron chi connectivity index (χ3n) is 3.90.